The summed E-state index contributed by atoms with van der Waals surface area (Å²) >= 11 is 0. The lowest BCUT2D eigenvalue weighted by Gasteiger charge is -2.19. The third-order valence-electron chi connectivity index (χ3n) is 4.54. The van der Waals surface area contributed by atoms with E-state index >= 15 is 0 Å². The number of methoxy groups -OCH3 is 2. The molecule has 0 aliphatic carbocycles. The van der Waals surface area contributed by atoms with Crippen LogP contribution in [-0.2, 0) is 31.6 Å². The van der Waals surface area contributed by atoms with Crippen LogP contribution in [0.1, 0.15) is 64.8 Å². The largest absolute Gasteiger partial charge is 0.394 e. The molecule has 1 fully saturated rings. The molecule has 2 unspecified atom stereocenters. The van der Waals surface area contributed by atoms with Crippen LogP contribution in [0.25, 0.3) is 0 Å². The molecule has 0 amide bonds. The predicted octanol–water partition coefficient (Wildman–Crippen LogP) is 3.73. The molecule has 10 nitrogen and oxygen atoms in total. The van der Waals surface area contributed by atoms with Gasteiger partial charge in [0.15, 0.2) is 0 Å². The Labute approximate surface area is 219 Å². The van der Waals surface area contributed by atoms with Crippen LogP contribution in [0.2, 0.25) is 0 Å². The van der Waals surface area contributed by atoms with Crippen molar-refractivity contribution in [3.8, 4) is 0 Å². The van der Waals surface area contributed by atoms with Crippen LogP contribution < -0.4 is 4.72 Å². The molecule has 0 aromatic carbocycles. The second-order valence-corrected chi connectivity index (χ2v) is 9.88. The molecule has 0 bridgehead atoms. The Morgan fingerprint density at radius 2 is 1.72 bits per heavy atom. The van der Waals surface area contributed by atoms with Crippen LogP contribution in [0, 0.1) is 6.92 Å². The number of rotatable bonds is 10. The summed E-state index contributed by atoms with van der Waals surface area (Å²) in [5.41, 5.74) is 2.01. The monoisotopic (exact) mass is 529 g/mol. The van der Waals surface area contributed by atoms with Gasteiger partial charge in [-0.1, -0.05) is 19.9 Å². The smallest absolute Gasteiger partial charge is 0.236 e. The van der Waals surface area contributed by atoms with E-state index in [4.69, 9.17) is 19.3 Å². The molecule has 3 heterocycles. The summed E-state index contributed by atoms with van der Waals surface area (Å²) in [5, 5.41) is 15.9. The van der Waals surface area contributed by atoms with Crippen molar-refractivity contribution in [1.82, 2.24) is 19.7 Å². The number of hydrogen-bond donors (Lipinski definition) is 2. The molecule has 3 rings (SSSR count). The van der Waals surface area contributed by atoms with E-state index < -0.39 is 11.0 Å². The van der Waals surface area contributed by atoms with Gasteiger partial charge in [0.2, 0.25) is 5.95 Å². The van der Waals surface area contributed by atoms with E-state index in [9.17, 15) is 4.21 Å². The third-order valence-corrected chi connectivity index (χ3v) is 5.82. The molecule has 2 aromatic heterocycles. The zero-order valence-corrected chi connectivity index (χ0v) is 24.1. The number of nitrogens with one attached hydrogen (secondary N) is 1. The summed E-state index contributed by atoms with van der Waals surface area (Å²) in [6, 6.07) is 3.86. The van der Waals surface area contributed by atoms with E-state index in [1.54, 1.807) is 39.0 Å². The highest BCUT2D eigenvalue weighted by atomic mass is 32.2. The number of anilines is 1. The van der Waals surface area contributed by atoms with Crippen molar-refractivity contribution in [2.24, 2.45) is 0 Å². The normalized spacial score (nSPS) is 14.1. The number of aliphatic hydroxyl groups excluding tert-OH is 1. The quantitative estimate of drug-likeness (QED) is 0.478. The van der Waals surface area contributed by atoms with Crippen molar-refractivity contribution in [3.05, 3.63) is 35.9 Å². The SMILES string of the molecule is C1CCOC1.CC.CC(C)O.COCC(COC)n1cnnc1NS(=O)C(C)Cc1ccc(C)cn1. The van der Waals surface area contributed by atoms with E-state index in [-0.39, 0.29) is 17.4 Å². The Hall–Kier alpha value is -1.92. The van der Waals surface area contributed by atoms with Crippen LogP contribution in [-0.4, -0.2) is 81.1 Å². The van der Waals surface area contributed by atoms with E-state index in [0.717, 1.165) is 24.5 Å². The summed E-state index contributed by atoms with van der Waals surface area (Å²) in [4.78, 5) is 4.36. The maximum absolute atomic E-state index is 12.6. The standard InChI is InChI=1S/C16H25N5O3S.C4H8O.C3H8O.C2H6/c1-12-5-6-14(17-8-12)7-13(2)25(22)20-16-19-18-11-21(16)15(9-23-3)10-24-4;1-2-4-5-3-1;1-3(2)4;1-2/h5-6,8,11,13,15H,7,9-10H2,1-4H3,(H,19,20);1-4H2;3-4H,1-2H3;1-2H3. The second kappa shape index (κ2) is 21.2. The fourth-order valence-electron chi connectivity index (χ4n) is 2.87. The van der Waals surface area contributed by atoms with Crippen molar-refractivity contribution in [1.29, 1.82) is 0 Å². The van der Waals surface area contributed by atoms with Gasteiger partial charge in [-0.15, -0.1) is 10.2 Å². The lowest BCUT2D eigenvalue weighted by atomic mass is 10.2. The summed E-state index contributed by atoms with van der Waals surface area (Å²) in [5.74, 6) is 0.432. The molecule has 36 heavy (non-hydrogen) atoms. The first-order valence-corrected chi connectivity index (χ1v) is 13.7. The van der Waals surface area contributed by atoms with Gasteiger partial charge in [-0.3, -0.25) is 14.3 Å². The van der Waals surface area contributed by atoms with Gasteiger partial charge in [-0.25, -0.2) is 4.21 Å². The first-order valence-electron chi connectivity index (χ1n) is 12.5. The molecule has 1 saturated heterocycles. The van der Waals surface area contributed by atoms with Gasteiger partial charge in [-0.2, -0.15) is 0 Å². The maximum Gasteiger partial charge on any atom is 0.236 e. The Morgan fingerprint density at radius 1 is 1.14 bits per heavy atom. The number of nitrogens with zero attached hydrogens (tertiary/aromatic N) is 4. The molecule has 2 atom stereocenters. The van der Waals surface area contributed by atoms with Crippen LogP contribution in [0.5, 0.6) is 0 Å². The fourth-order valence-corrected chi connectivity index (χ4v) is 3.72. The number of pyridine rings is 1. The van der Waals surface area contributed by atoms with Crippen molar-refractivity contribution >= 4 is 16.9 Å². The lowest BCUT2D eigenvalue weighted by molar-refractivity contribution is 0.0902. The molecular weight excluding hydrogens is 482 g/mol. The number of aromatic nitrogens is 4. The van der Waals surface area contributed by atoms with Gasteiger partial charge in [0.1, 0.15) is 17.3 Å². The molecule has 208 valence electrons. The van der Waals surface area contributed by atoms with E-state index in [1.807, 2.05) is 46.0 Å². The molecule has 1 aliphatic rings. The Morgan fingerprint density at radius 3 is 2.17 bits per heavy atom. The first kappa shape index (κ1) is 34.1. The molecular formula is C25H47N5O5S. The zero-order chi connectivity index (χ0) is 27.3. The summed E-state index contributed by atoms with van der Waals surface area (Å²) in [6.45, 7) is 14.2. The molecule has 0 spiro atoms. The van der Waals surface area contributed by atoms with Crippen molar-refractivity contribution in [2.45, 2.75) is 78.2 Å². The molecule has 11 heteroatoms. The van der Waals surface area contributed by atoms with Gasteiger partial charge >= 0.3 is 0 Å². The molecule has 2 aromatic rings. The minimum atomic E-state index is -1.33. The average molecular weight is 530 g/mol. The van der Waals surface area contributed by atoms with Gasteiger partial charge in [0.05, 0.1) is 24.5 Å². The van der Waals surface area contributed by atoms with Crippen LogP contribution in [0.3, 0.4) is 0 Å². The molecule has 0 saturated carbocycles. The molecule has 0 radical (unpaired) electrons. The Kier molecular flexibility index (Phi) is 20.1. The zero-order valence-electron chi connectivity index (χ0n) is 23.3. The summed E-state index contributed by atoms with van der Waals surface area (Å²) < 4.78 is 32.7. The molecule has 2 N–H and O–H groups in total. The highest BCUT2D eigenvalue weighted by Crippen LogP contribution is 2.16. The minimum Gasteiger partial charge on any atom is -0.394 e. The fraction of sp³-hybridized carbons (Fsp3) is 0.720. The summed E-state index contributed by atoms with van der Waals surface area (Å²) in [7, 11) is 1.91. The summed E-state index contributed by atoms with van der Waals surface area (Å²) in [6.07, 6.45) is 6.39. The van der Waals surface area contributed by atoms with Gasteiger partial charge in [0, 0.05) is 51.8 Å². The topological polar surface area (TPSA) is 121 Å². The first-order chi connectivity index (χ1) is 17.3. The van der Waals surface area contributed by atoms with Gasteiger partial charge in [-0.05, 0) is 52.2 Å². The third kappa shape index (κ3) is 15.2. The van der Waals surface area contributed by atoms with Crippen molar-refractivity contribution in [2.75, 3.05) is 45.4 Å². The Bertz CT molecular complexity index is 784. The number of hydrogen-bond acceptors (Lipinski definition) is 8. The highest BCUT2D eigenvalue weighted by Gasteiger charge is 2.19. The Balaban J connectivity index is 0.000000927. The maximum atomic E-state index is 12.6. The number of aliphatic hydroxyl groups is 1. The van der Waals surface area contributed by atoms with E-state index in [2.05, 4.69) is 19.9 Å². The van der Waals surface area contributed by atoms with Crippen LogP contribution >= 0.6 is 0 Å². The van der Waals surface area contributed by atoms with Crippen LogP contribution in [0.4, 0.5) is 5.95 Å². The average Bonchev–Trinajstić information content (AvgIpc) is 3.57. The van der Waals surface area contributed by atoms with Crippen LogP contribution in [0.15, 0.2) is 24.7 Å². The predicted molar refractivity (Wildman–Crippen MR) is 145 cm³/mol. The number of aryl methyl sites for hydroxylation is 1. The van der Waals surface area contributed by atoms with Gasteiger partial charge < -0.3 is 19.3 Å². The minimum absolute atomic E-state index is 0.0985. The molecule has 1 aliphatic heterocycles. The second-order valence-electron chi connectivity index (χ2n) is 8.28. The van der Waals surface area contributed by atoms with Gasteiger partial charge in [0.25, 0.3) is 0 Å². The lowest BCUT2D eigenvalue weighted by Crippen LogP contribution is -2.25. The van der Waals surface area contributed by atoms with E-state index in [0.29, 0.717) is 25.6 Å². The van der Waals surface area contributed by atoms with E-state index in [1.165, 1.54) is 12.8 Å². The number of ether oxygens (including phenoxy) is 3. The van der Waals surface area contributed by atoms with Crippen molar-refractivity contribution < 1.29 is 23.5 Å². The van der Waals surface area contributed by atoms with Crippen molar-refractivity contribution in [3.63, 3.8) is 0 Å². The highest BCUT2D eigenvalue weighted by molar-refractivity contribution is 7.86.